The molecule has 26 heavy (non-hydrogen) atoms. The van der Waals surface area contributed by atoms with Gasteiger partial charge in [0.2, 0.25) is 5.95 Å². The van der Waals surface area contributed by atoms with Crippen LogP contribution in [0.3, 0.4) is 0 Å². The minimum absolute atomic E-state index is 0.419. The van der Waals surface area contributed by atoms with Gasteiger partial charge in [0.05, 0.1) is 0 Å². The van der Waals surface area contributed by atoms with E-state index in [2.05, 4.69) is 30.6 Å². The minimum Gasteiger partial charge on any atom is -0.351 e. The Bertz CT molecular complexity index is 923. The number of benzene rings is 1. The lowest BCUT2D eigenvalue weighted by Gasteiger charge is -2.23. The third kappa shape index (κ3) is 3.70. The molecule has 1 aromatic carbocycles. The first-order valence-electron chi connectivity index (χ1n) is 8.97. The van der Waals surface area contributed by atoms with Gasteiger partial charge in [-0.05, 0) is 43.5 Å². The summed E-state index contributed by atoms with van der Waals surface area (Å²) in [5.74, 6) is 1.24. The lowest BCUT2D eigenvalue weighted by Crippen LogP contribution is -2.23. The molecular formula is C19H21ClN6. The Morgan fingerprint density at radius 2 is 1.85 bits per heavy atom. The van der Waals surface area contributed by atoms with E-state index in [1.165, 1.54) is 19.3 Å². The molecule has 3 aromatic rings. The van der Waals surface area contributed by atoms with Crippen LogP contribution < -0.4 is 10.6 Å². The summed E-state index contributed by atoms with van der Waals surface area (Å²) in [5, 5.41) is 7.55. The largest absolute Gasteiger partial charge is 0.351 e. The van der Waals surface area contributed by atoms with Crippen molar-refractivity contribution in [2.75, 3.05) is 10.6 Å². The van der Waals surface area contributed by atoms with Gasteiger partial charge in [-0.15, -0.1) is 0 Å². The van der Waals surface area contributed by atoms with Crippen molar-refractivity contribution in [3.05, 3.63) is 41.2 Å². The van der Waals surface area contributed by atoms with Gasteiger partial charge in [-0.3, -0.25) is 0 Å². The number of halogens is 1. The number of aromatic nitrogens is 4. The number of rotatable bonds is 4. The molecule has 0 amide bonds. The van der Waals surface area contributed by atoms with Crippen molar-refractivity contribution in [2.45, 2.75) is 45.1 Å². The van der Waals surface area contributed by atoms with Gasteiger partial charge in [-0.25, -0.2) is 9.97 Å². The summed E-state index contributed by atoms with van der Waals surface area (Å²) in [6.07, 6.45) is 9.42. The molecule has 2 aromatic heterocycles. The highest BCUT2D eigenvalue weighted by molar-refractivity contribution is 6.30. The van der Waals surface area contributed by atoms with Crippen molar-refractivity contribution >= 4 is 40.2 Å². The molecule has 0 radical (unpaired) electrons. The number of nitrogens with one attached hydrogen (secondary N) is 2. The van der Waals surface area contributed by atoms with Crippen LogP contribution in [0.4, 0.5) is 17.5 Å². The normalized spacial score (nSPS) is 15.2. The molecule has 4 rings (SSSR count). The average molecular weight is 369 g/mol. The van der Waals surface area contributed by atoms with Gasteiger partial charge in [-0.2, -0.15) is 9.97 Å². The second-order valence-corrected chi connectivity index (χ2v) is 7.12. The first-order valence-corrected chi connectivity index (χ1v) is 9.35. The third-order valence-electron chi connectivity index (χ3n) is 4.71. The number of fused-ring (bicyclic) bond motifs is 1. The van der Waals surface area contributed by atoms with Crippen LogP contribution in [0.15, 0.2) is 30.6 Å². The highest BCUT2D eigenvalue weighted by Crippen LogP contribution is 2.27. The fourth-order valence-electron chi connectivity index (χ4n) is 3.34. The maximum Gasteiger partial charge on any atom is 0.227 e. The van der Waals surface area contributed by atoms with Crippen molar-refractivity contribution in [3.8, 4) is 0 Å². The maximum atomic E-state index is 6.06. The molecule has 0 aliphatic heterocycles. The number of hydrogen-bond donors (Lipinski definition) is 2. The summed E-state index contributed by atoms with van der Waals surface area (Å²) in [6, 6.07) is 6.13. The van der Waals surface area contributed by atoms with E-state index in [0.717, 1.165) is 24.1 Å². The van der Waals surface area contributed by atoms with E-state index >= 15 is 0 Å². The van der Waals surface area contributed by atoms with E-state index in [0.29, 0.717) is 34.0 Å². The van der Waals surface area contributed by atoms with Crippen molar-refractivity contribution < 1.29 is 0 Å². The topological polar surface area (TPSA) is 75.6 Å². The maximum absolute atomic E-state index is 6.06. The van der Waals surface area contributed by atoms with Gasteiger partial charge >= 0.3 is 0 Å². The van der Waals surface area contributed by atoms with Gasteiger partial charge < -0.3 is 10.6 Å². The zero-order valence-electron chi connectivity index (χ0n) is 14.7. The fourth-order valence-corrected chi connectivity index (χ4v) is 3.57. The smallest absolute Gasteiger partial charge is 0.227 e. The van der Waals surface area contributed by atoms with Gasteiger partial charge in [0.15, 0.2) is 17.0 Å². The van der Waals surface area contributed by atoms with E-state index < -0.39 is 0 Å². The second-order valence-electron chi connectivity index (χ2n) is 6.69. The first kappa shape index (κ1) is 17.0. The molecule has 2 N–H and O–H groups in total. The molecule has 0 spiro atoms. The Labute approximate surface area is 157 Å². The lowest BCUT2D eigenvalue weighted by molar-refractivity contribution is 0.461. The average Bonchev–Trinajstić information content (AvgIpc) is 2.65. The predicted octanol–water partition coefficient (Wildman–Crippen LogP) is 4.87. The summed E-state index contributed by atoms with van der Waals surface area (Å²) < 4.78 is 0. The van der Waals surface area contributed by atoms with Crippen LogP contribution >= 0.6 is 11.6 Å². The van der Waals surface area contributed by atoms with Gasteiger partial charge in [-0.1, -0.05) is 30.9 Å². The third-order valence-corrected chi connectivity index (χ3v) is 4.95. The Hall–Kier alpha value is -2.47. The van der Waals surface area contributed by atoms with Crippen LogP contribution in [0.2, 0.25) is 5.02 Å². The molecule has 0 atom stereocenters. The summed E-state index contributed by atoms with van der Waals surface area (Å²) >= 11 is 6.06. The molecule has 0 bridgehead atoms. The highest BCUT2D eigenvalue weighted by atomic mass is 35.5. The summed E-state index contributed by atoms with van der Waals surface area (Å²) in [7, 11) is 0. The molecule has 0 unspecified atom stereocenters. The quantitative estimate of drug-likeness (QED) is 0.684. The standard InChI is InChI=1S/C19H21ClN6/c1-12-11-13(20)7-8-15(12)24-18-16-17(22-10-9-21-16)25-19(26-18)23-14-5-3-2-4-6-14/h7-11,14H,2-6H2,1H3,(H2,22,23,24,25,26). The minimum atomic E-state index is 0.419. The molecule has 2 heterocycles. The van der Waals surface area contributed by atoms with Crippen LogP contribution in [0.25, 0.3) is 11.2 Å². The molecule has 0 saturated heterocycles. The Morgan fingerprint density at radius 3 is 2.65 bits per heavy atom. The molecule has 7 heteroatoms. The van der Waals surface area contributed by atoms with Crippen molar-refractivity contribution in [2.24, 2.45) is 0 Å². The summed E-state index contributed by atoms with van der Waals surface area (Å²) in [6.45, 7) is 2.00. The highest BCUT2D eigenvalue weighted by Gasteiger charge is 2.17. The zero-order chi connectivity index (χ0) is 17.9. The van der Waals surface area contributed by atoms with Gasteiger partial charge in [0.25, 0.3) is 0 Å². The first-order chi connectivity index (χ1) is 12.7. The molecule has 6 nitrogen and oxygen atoms in total. The molecule has 1 saturated carbocycles. The van der Waals surface area contributed by atoms with E-state index in [1.807, 2.05) is 25.1 Å². The molecule has 1 aliphatic carbocycles. The van der Waals surface area contributed by atoms with Crippen molar-refractivity contribution in [3.63, 3.8) is 0 Å². The number of hydrogen-bond acceptors (Lipinski definition) is 6. The number of nitrogens with zero attached hydrogens (tertiary/aromatic N) is 4. The van der Waals surface area contributed by atoms with E-state index in [9.17, 15) is 0 Å². The number of aryl methyl sites for hydroxylation is 1. The van der Waals surface area contributed by atoms with Gasteiger partial charge in [0, 0.05) is 29.1 Å². The Balaban J connectivity index is 1.69. The second kappa shape index (κ2) is 7.41. The summed E-state index contributed by atoms with van der Waals surface area (Å²) in [4.78, 5) is 18.0. The SMILES string of the molecule is Cc1cc(Cl)ccc1Nc1nc(NC2CCCCC2)nc2nccnc12. The van der Waals surface area contributed by atoms with Crippen LogP contribution in [-0.2, 0) is 0 Å². The van der Waals surface area contributed by atoms with E-state index in [4.69, 9.17) is 11.6 Å². The Morgan fingerprint density at radius 1 is 1.04 bits per heavy atom. The molecule has 134 valence electrons. The molecule has 1 fully saturated rings. The Kier molecular flexibility index (Phi) is 4.84. The molecule has 1 aliphatic rings. The predicted molar refractivity (Wildman–Crippen MR) is 105 cm³/mol. The van der Waals surface area contributed by atoms with Crippen molar-refractivity contribution in [1.29, 1.82) is 0 Å². The fraction of sp³-hybridized carbons (Fsp3) is 0.368. The van der Waals surface area contributed by atoms with Crippen LogP contribution in [0, 0.1) is 6.92 Å². The van der Waals surface area contributed by atoms with Crippen LogP contribution in [0.5, 0.6) is 0 Å². The number of anilines is 3. The van der Waals surface area contributed by atoms with Gasteiger partial charge in [0.1, 0.15) is 0 Å². The van der Waals surface area contributed by atoms with Crippen LogP contribution in [0.1, 0.15) is 37.7 Å². The lowest BCUT2D eigenvalue weighted by atomic mass is 9.96. The molecular weight excluding hydrogens is 348 g/mol. The summed E-state index contributed by atoms with van der Waals surface area (Å²) in [5.41, 5.74) is 3.20. The van der Waals surface area contributed by atoms with E-state index in [-0.39, 0.29) is 0 Å². The zero-order valence-corrected chi connectivity index (χ0v) is 15.4. The van der Waals surface area contributed by atoms with E-state index in [1.54, 1.807) is 12.4 Å². The monoisotopic (exact) mass is 368 g/mol. The van der Waals surface area contributed by atoms with Crippen molar-refractivity contribution in [1.82, 2.24) is 19.9 Å². The van der Waals surface area contributed by atoms with Crippen LogP contribution in [-0.4, -0.2) is 26.0 Å².